The quantitative estimate of drug-likeness (QED) is 0.834. The summed E-state index contributed by atoms with van der Waals surface area (Å²) in [6, 6.07) is 3.81. The Morgan fingerprint density at radius 3 is 2.38 bits per heavy atom. The van der Waals surface area contributed by atoms with Crippen LogP contribution in [0.4, 0.5) is 0 Å². The van der Waals surface area contributed by atoms with Crippen molar-refractivity contribution in [1.29, 1.82) is 0 Å². The van der Waals surface area contributed by atoms with Crippen LogP contribution in [0.1, 0.15) is 36.0 Å². The number of hydrogen-bond donors (Lipinski definition) is 1. The Balaban J connectivity index is 2.07. The molecule has 0 radical (unpaired) electrons. The summed E-state index contributed by atoms with van der Waals surface area (Å²) in [7, 11) is 0. The highest BCUT2D eigenvalue weighted by molar-refractivity contribution is 9.11. The minimum absolute atomic E-state index is 0.0179. The number of pyridine rings is 1. The molecule has 0 aromatic carbocycles. The van der Waals surface area contributed by atoms with Gasteiger partial charge in [0.15, 0.2) is 0 Å². The first kappa shape index (κ1) is 12.0. The lowest BCUT2D eigenvalue weighted by Crippen LogP contribution is -2.32. The van der Waals surface area contributed by atoms with E-state index < -0.39 is 0 Å². The van der Waals surface area contributed by atoms with Crippen molar-refractivity contribution in [2.24, 2.45) is 0 Å². The highest BCUT2D eigenvalue weighted by atomic mass is 79.9. The van der Waals surface area contributed by atoms with Crippen LogP contribution >= 0.6 is 31.9 Å². The molecule has 0 bridgehead atoms. The van der Waals surface area contributed by atoms with Gasteiger partial charge in [-0.1, -0.05) is 12.8 Å². The second-order valence-corrected chi connectivity index (χ2v) is 5.58. The van der Waals surface area contributed by atoms with Gasteiger partial charge in [0.1, 0.15) is 9.21 Å². The smallest absolute Gasteiger partial charge is 0.251 e. The van der Waals surface area contributed by atoms with Crippen LogP contribution in [0.5, 0.6) is 0 Å². The zero-order valence-electron chi connectivity index (χ0n) is 8.67. The molecule has 3 nitrogen and oxygen atoms in total. The zero-order valence-corrected chi connectivity index (χ0v) is 11.8. The Hall–Kier alpha value is -0.420. The Kier molecular flexibility index (Phi) is 3.97. The first-order valence-electron chi connectivity index (χ1n) is 5.29. The third-order valence-corrected chi connectivity index (χ3v) is 3.53. The van der Waals surface area contributed by atoms with Gasteiger partial charge in [-0.2, -0.15) is 0 Å². The summed E-state index contributed by atoms with van der Waals surface area (Å²) >= 11 is 6.55. The van der Waals surface area contributed by atoms with Crippen molar-refractivity contribution in [3.8, 4) is 0 Å². The number of nitrogens with one attached hydrogen (secondary N) is 1. The maximum atomic E-state index is 11.9. The third-order valence-electron chi connectivity index (χ3n) is 2.72. The fourth-order valence-corrected chi connectivity index (χ4v) is 3.05. The van der Waals surface area contributed by atoms with Crippen LogP contribution in [0.25, 0.3) is 0 Å². The molecule has 1 aromatic heterocycles. The molecule has 0 spiro atoms. The molecule has 1 aliphatic rings. The van der Waals surface area contributed by atoms with E-state index in [-0.39, 0.29) is 5.91 Å². The van der Waals surface area contributed by atoms with Crippen molar-refractivity contribution in [2.75, 3.05) is 0 Å². The van der Waals surface area contributed by atoms with Gasteiger partial charge < -0.3 is 5.32 Å². The Morgan fingerprint density at radius 1 is 1.25 bits per heavy atom. The lowest BCUT2D eigenvalue weighted by Gasteiger charge is -2.11. The molecular weight excluding hydrogens is 336 g/mol. The van der Waals surface area contributed by atoms with Crippen molar-refractivity contribution in [1.82, 2.24) is 10.3 Å². The minimum Gasteiger partial charge on any atom is -0.349 e. The first-order chi connectivity index (χ1) is 7.65. The van der Waals surface area contributed by atoms with E-state index in [2.05, 4.69) is 42.2 Å². The summed E-state index contributed by atoms with van der Waals surface area (Å²) in [4.78, 5) is 16.0. The number of halogens is 2. The van der Waals surface area contributed by atoms with Crippen molar-refractivity contribution >= 4 is 37.8 Å². The predicted molar refractivity (Wildman–Crippen MR) is 69.4 cm³/mol. The predicted octanol–water partition coefficient (Wildman–Crippen LogP) is 3.28. The molecule has 1 fully saturated rings. The average Bonchev–Trinajstić information content (AvgIpc) is 2.68. The molecular formula is C11H12Br2N2O. The summed E-state index contributed by atoms with van der Waals surface area (Å²) in [6.45, 7) is 0. The van der Waals surface area contributed by atoms with Crippen LogP contribution in [-0.2, 0) is 0 Å². The van der Waals surface area contributed by atoms with Crippen molar-refractivity contribution < 1.29 is 4.79 Å². The topological polar surface area (TPSA) is 42.0 Å². The first-order valence-corrected chi connectivity index (χ1v) is 6.88. The van der Waals surface area contributed by atoms with E-state index in [9.17, 15) is 4.79 Å². The van der Waals surface area contributed by atoms with Gasteiger partial charge in [-0.05, 0) is 56.8 Å². The largest absolute Gasteiger partial charge is 0.349 e. The molecule has 0 atom stereocenters. The van der Waals surface area contributed by atoms with Gasteiger partial charge in [0.25, 0.3) is 5.91 Å². The highest BCUT2D eigenvalue weighted by Gasteiger charge is 2.18. The molecule has 1 amide bonds. The van der Waals surface area contributed by atoms with Crippen LogP contribution in [0, 0.1) is 0 Å². The molecule has 1 heterocycles. The minimum atomic E-state index is -0.0179. The van der Waals surface area contributed by atoms with E-state index in [0.29, 0.717) is 20.8 Å². The fourth-order valence-electron chi connectivity index (χ4n) is 1.93. The van der Waals surface area contributed by atoms with Crippen LogP contribution in [0.15, 0.2) is 21.3 Å². The Bertz CT molecular complexity index is 383. The van der Waals surface area contributed by atoms with Gasteiger partial charge in [-0.15, -0.1) is 0 Å². The third kappa shape index (κ3) is 3.04. The molecule has 0 unspecified atom stereocenters. The molecule has 0 aliphatic heterocycles. The molecule has 1 saturated carbocycles. The number of hydrogen-bond acceptors (Lipinski definition) is 2. The number of carbonyl (C=O) groups is 1. The molecule has 1 N–H and O–H groups in total. The summed E-state index contributed by atoms with van der Waals surface area (Å²) in [6.07, 6.45) is 4.63. The lowest BCUT2D eigenvalue weighted by atomic mass is 10.2. The molecule has 16 heavy (non-hydrogen) atoms. The second-order valence-electron chi connectivity index (χ2n) is 3.96. The van der Waals surface area contributed by atoms with E-state index in [1.807, 2.05) is 0 Å². The summed E-state index contributed by atoms with van der Waals surface area (Å²) in [5.41, 5.74) is 0.639. The number of aromatic nitrogens is 1. The van der Waals surface area contributed by atoms with Gasteiger partial charge in [-0.3, -0.25) is 4.79 Å². The van der Waals surface area contributed by atoms with Crippen LogP contribution in [0.2, 0.25) is 0 Å². The number of nitrogens with zero attached hydrogens (tertiary/aromatic N) is 1. The molecule has 1 aliphatic carbocycles. The van der Waals surface area contributed by atoms with Gasteiger partial charge in [0, 0.05) is 11.6 Å². The normalized spacial score (nSPS) is 16.4. The molecule has 86 valence electrons. The van der Waals surface area contributed by atoms with Crippen molar-refractivity contribution in [3.05, 3.63) is 26.9 Å². The monoisotopic (exact) mass is 346 g/mol. The number of rotatable bonds is 2. The van der Waals surface area contributed by atoms with Crippen LogP contribution in [-0.4, -0.2) is 16.9 Å². The van der Waals surface area contributed by atoms with Crippen LogP contribution in [0.3, 0.4) is 0 Å². The molecule has 5 heteroatoms. The van der Waals surface area contributed by atoms with Crippen molar-refractivity contribution in [3.63, 3.8) is 0 Å². The van der Waals surface area contributed by atoms with E-state index in [4.69, 9.17) is 0 Å². The fraction of sp³-hybridized carbons (Fsp3) is 0.455. The molecule has 0 saturated heterocycles. The zero-order chi connectivity index (χ0) is 11.5. The second kappa shape index (κ2) is 5.27. The summed E-state index contributed by atoms with van der Waals surface area (Å²) in [5, 5.41) is 3.04. The van der Waals surface area contributed by atoms with E-state index in [1.165, 1.54) is 12.8 Å². The maximum Gasteiger partial charge on any atom is 0.251 e. The van der Waals surface area contributed by atoms with E-state index in [0.717, 1.165) is 12.8 Å². The summed E-state index contributed by atoms with van der Waals surface area (Å²) < 4.78 is 1.33. The van der Waals surface area contributed by atoms with Gasteiger partial charge in [0.05, 0.1) is 0 Å². The average molecular weight is 348 g/mol. The van der Waals surface area contributed by atoms with Gasteiger partial charge in [-0.25, -0.2) is 4.98 Å². The Morgan fingerprint density at radius 2 is 1.81 bits per heavy atom. The van der Waals surface area contributed by atoms with Crippen LogP contribution < -0.4 is 5.32 Å². The maximum absolute atomic E-state index is 11.9. The molecule has 1 aromatic rings. The summed E-state index contributed by atoms with van der Waals surface area (Å²) in [5.74, 6) is -0.0179. The standard InChI is InChI=1S/C11H12Br2N2O/c12-9-5-7(6-10(13)15-9)11(16)14-8-3-1-2-4-8/h5-6,8H,1-4H2,(H,14,16). The van der Waals surface area contributed by atoms with E-state index >= 15 is 0 Å². The molecule has 2 rings (SSSR count). The van der Waals surface area contributed by atoms with E-state index in [1.54, 1.807) is 12.1 Å². The number of amides is 1. The number of carbonyl (C=O) groups excluding carboxylic acids is 1. The SMILES string of the molecule is O=C(NC1CCCC1)c1cc(Br)nc(Br)c1. The van der Waals surface area contributed by atoms with Crippen molar-refractivity contribution in [2.45, 2.75) is 31.7 Å². The van der Waals surface area contributed by atoms with Gasteiger partial charge in [0.2, 0.25) is 0 Å². The van der Waals surface area contributed by atoms with Gasteiger partial charge >= 0.3 is 0 Å². The Labute approximate surface area is 111 Å². The highest BCUT2D eigenvalue weighted by Crippen LogP contribution is 2.19. The lowest BCUT2D eigenvalue weighted by molar-refractivity contribution is 0.0937.